The van der Waals surface area contributed by atoms with Gasteiger partial charge in [0.2, 0.25) is 0 Å². The first-order valence-corrected chi connectivity index (χ1v) is 7.69. The van der Waals surface area contributed by atoms with Gasteiger partial charge < -0.3 is 19.5 Å². The van der Waals surface area contributed by atoms with Crippen LogP contribution in [0, 0.1) is 6.92 Å². The van der Waals surface area contributed by atoms with E-state index in [4.69, 9.17) is 4.74 Å². The number of nitrogens with zero attached hydrogens (tertiary/aromatic N) is 3. The minimum absolute atomic E-state index is 0.241. The third-order valence-electron chi connectivity index (χ3n) is 4.90. The van der Waals surface area contributed by atoms with Crippen LogP contribution in [0.2, 0.25) is 0 Å². The molecule has 0 aliphatic carbocycles. The Morgan fingerprint density at radius 1 is 1.33 bits per heavy atom. The molecule has 2 atom stereocenters. The number of aliphatic hydroxyl groups excluding tert-OH is 2. The SMILES string of the molecule is Cc1nc(CN2CCC3(CC2)C[C@@H](O)[C@@H](O)CO3)cn1C. The highest BCUT2D eigenvalue weighted by molar-refractivity contribution is 5.03. The maximum atomic E-state index is 9.87. The second-order valence-electron chi connectivity index (χ2n) is 6.50. The van der Waals surface area contributed by atoms with Crippen molar-refractivity contribution in [2.45, 2.75) is 50.5 Å². The topological polar surface area (TPSA) is 70.8 Å². The van der Waals surface area contributed by atoms with Crippen molar-refractivity contribution >= 4 is 0 Å². The van der Waals surface area contributed by atoms with Crippen LogP contribution in [0.5, 0.6) is 0 Å². The molecule has 0 saturated carbocycles. The zero-order valence-electron chi connectivity index (χ0n) is 12.8. The number of aryl methyl sites for hydroxylation is 2. The Morgan fingerprint density at radius 2 is 2.05 bits per heavy atom. The number of hydrogen-bond acceptors (Lipinski definition) is 5. The van der Waals surface area contributed by atoms with Crippen molar-refractivity contribution in [2.75, 3.05) is 19.7 Å². The quantitative estimate of drug-likeness (QED) is 0.816. The third-order valence-corrected chi connectivity index (χ3v) is 4.90. The Bertz CT molecular complexity index is 475. The van der Waals surface area contributed by atoms with Gasteiger partial charge >= 0.3 is 0 Å². The molecule has 0 unspecified atom stereocenters. The van der Waals surface area contributed by atoms with E-state index in [1.54, 1.807) is 0 Å². The molecule has 2 saturated heterocycles. The third kappa shape index (κ3) is 3.13. The van der Waals surface area contributed by atoms with Gasteiger partial charge in [0.05, 0.1) is 24.0 Å². The van der Waals surface area contributed by atoms with Crippen LogP contribution in [0.3, 0.4) is 0 Å². The van der Waals surface area contributed by atoms with Gasteiger partial charge in [-0.25, -0.2) is 4.98 Å². The van der Waals surface area contributed by atoms with Gasteiger partial charge in [0.25, 0.3) is 0 Å². The van der Waals surface area contributed by atoms with Crippen LogP contribution < -0.4 is 0 Å². The predicted octanol–water partition coefficient (Wildman–Crippen LogP) is 0.205. The van der Waals surface area contributed by atoms with Gasteiger partial charge in [0.15, 0.2) is 0 Å². The molecule has 3 heterocycles. The van der Waals surface area contributed by atoms with Gasteiger partial charge in [-0.2, -0.15) is 0 Å². The number of hydrogen-bond donors (Lipinski definition) is 2. The fourth-order valence-corrected chi connectivity index (χ4v) is 3.35. The van der Waals surface area contributed by atoms with Gasteiger partial charge in [-0.15, -0.1) is 0 Å². The molecule has 1 spiro atoms. The molecule has 118 valence electrons. The lowest BCUT2D eigenvalue weighted by Crippen LogP contribution is -2.54. The summed E-state index contributed by atoms with van der Waals surface area (Å²) in [6.45, 7) is 5.01. The number of ether oxygens (including phenoxy) is 1. The van der Waals surface area contributed by atoms with Crippen molar-refractivity contribution in [3.05, 3.63) is 17.7 Å². The summed E-state index contributed by atoms with van der Waals surface area (Å²) < 4.78 is 7.90. The minimum Gasteiger partial charge on any atom is -0.390 e. The van der Waals surface area contributed by atoms with Crippen LogP contribution in [-0.2, 0) is 18.3 Å². The first-order chi connectivity index (χ1) is 9.97. The first-order valence-electron chi connectivity index (χ1n) is 7.69. The lowest BCUT2D eigenvalue weighted by molar-refractivity contribution is -0.188. The van der Waals surface area contributed by atoms with E-state index >= 15 is 0 Å². The lowest BCUT2D eigenvalue weighted by atomic mass is 9.82. The van der Waals surface area contributed by atoms with E-state index in [-0.39, 0.29) is 12.2 Å². The highest BCUT2D eigenvalue weighted by Gasteiger charge is 2.42. The molecule has 0 aromatic carbocycles. The Hall–Kier alpha value is -0.950. The molecule has 0 radical (unpaired) electrons. The molecular weight excluding hydrogens is 270 g/mol. The smallest absolute Gasteiger partial charge is 0.105 e. The van der Waals surface area contributed by atoms with E-state index < -0.39 is 12.2 Å². The van der Waals surface area contributed by atoms with E-state index in [0.29, 0.717) is 6.42 Å². The highest BCUT2D eigenvalue weighted by atomic mass is 16.5. The maximum Gasteiger partial charge on any atom is 0.105 e. The number of rotatable bonds is 2. The Labute approximate surface area is 125 Å². The zero-order chi connectivity index (χ0) is 15.0. The fraction of sp³-hybridized carbons (Fsp3) is 0.800. The van der Waals surface area contributed by atoms with Gasteiger partial charge in [-0.05, 0) is 19.8 Å². The van der Waals surface area contributed by atoms with Crippen molar-refractivity contribution in [1.29, 1.82) is 0 Å². The molecule has 2 aliphatic heterocycles. The van der Waals surface area contributed by atoms with Gasteiger partial charge in [-0.1, -0.05) is 0 Å². The molecule has 0 amide bonds. The van der Waals surface area contributed by atoms with Crippen LogP contribution in [0.25, 0.3) is 0 Å². The second kappa shape index (κ2) is 5.68. The summed E-state index contributed by atoms with van der Waals surface area (Å²) in [5.41, 5.74) is 0.862. The van der Waals surface area contributed by atoms with Crippen molar-refractivity contribution in [3.63, 3.8) is 0 Å². The summed E-state index contributed by atoms with van der Waals surface area (Å²) in [5.74, 6) is 1.03. The summed E-state index contributed by atoms with van der Waals surface area (Å²) in [6, 6.07) is 0. The molecular formula is C15H25N3O3. The summed E-state index contributed by atoms with van der Waals surface area (Å²) in [4.78, 5) is 6.93. The van der Waals surface area contributed by atoms with Crippen molar-refractivity contribution in [1.82, 2.24) is 14.5 Å². The Kier molecular flexibility index (Phi) is 4.05. The molecule has 1 aromatic rings. The molecule has 21 heavy (non-hydrogen) atoms. The predicted molar refractivity (Wildman–Crippen MR) is 77.8 cm³/mol. The van der Waals surface area contributed by atoms with E-state index in [0.717, 1.165) is 44.0 Å². The largest absolute Gasteiger partial charge is 0.390 e. The highest BCUT2D eigenvalue weighted by Crippen LogP contribution is 2.35. The van der Waals surface area contributed by atoms with Crippen LogP contribution in [0.15, 0.2) is 6.20 Å². The van der Waals surface area contributed by atoms with Crippen LogP contribution in [0.1, 0.15) is 30.8 Å². The normalized spacial score (nSPS) is 29.9. The first kappa shape index (κ1) is 15.0. The number of imidazole rings is 1. The molecule has 1 aromatic heterocycles. The molecule has 6 heteroatoms. The van der Waals surface area contributed by atoms with Crippen LogP contribution >= 0.6 is 0 Å². The van der Waals surface area contributed by atoms with Crippen molar-refractivity contribution in [2.24, 2.45) is 7.05 Å². The van der Waals surface area contributed by atoms with Gasteiger partial charge in [0, 0.05) is 39.3 Å². The molecule has 2 fully saturated rings. The van der Waals surface area contributed by atoms with E-state index in [2.05, 4.69) is 16.1 Å². The van der Waals surface area contributed by atoms with E-state index in [1.165, 1.54) is 0 Å². The van der Waals surface area contributed by atoms with Crippen molar-refractivity contribution < 1.29 is 14.9 Å². The summed E-state index contributed by atoms with van der Waals surface area (Å²) in [7, 11) is 2.01. The Morgan fingerprint density at radius 3 is 2.62 bits per heavy atom. The summed E-state index contributed by atoms with van der Waals surface area (Å²) in [5, 5.41) is 19.4. The van der Waals surface area contributed by atoms with Gasteiger partial charge in [0.1, 0.15) is 11.9 Å². The second-order valence-corrected chi connectivity index (χ2v) is 6.50. The lowest BCUT2D eigenvalue weighted by Gasteiger charge is -2.46. The van der Waals surface area contributed by atoms with Crippen molar-refractivity contribution in [3.8, 4) is 0 Å². The van der Waals surface area contributed by atoms with E-state index in [1.807, 2.05) is 18.5 Å². The van der Waals surface area contributed by atoms with E-state index in [9.17, 15) is 10.2 Å². The number of piperidine rings is 1. The average molecular weight is 295 g/mol. The monoisotopic (exact) mass is 295 g/mol. The zero-order valence-corrected chi connectivity index (χ0v) is 12.8. The summed E-state index contributed by atoms with van der Waals surface area (Å²) >= 11 is 0. The molecule has 2 aliphatic rings. The molecule has 0 bridgehead atoms. The maximum absolute atomic E-state index is 9.87. The average Bonchev–Trinajstić information content (AvgIpc) is 2.76. The number of aromatic nitrogens is 2. The van der Waals surface area contributed by atoms with Gasteiger partial charge in [-0.3, -0.25) is 4.90 Å². The standard InChI is InChI=1S/C15H25N3O3/c1-11-16-12(8-17(11)2)9-18-5-3-15(4-6-18)7-13(19)14(20)10-21-15/h8,13-14,19-20H,3-7,9-10H2,1-2H3/t13-,14+/m1/s1. The molecule has 2 N–H and O–H groups in total. The minimum atomic E-state index is -0.731. The number of aliphatic hydroxyl groups is 2. The van der Waals surface area contributed by atoms with Crippen LogP contribution in [0.4, 0.5) is 0 Å². The molecule has 6 nitrogen and oxygen atoms in total. The fourth-order valence-electron chi connectivity index (χ4n) is 3.35. The number of likely N-dealkylation sites (tertiary alicyclic amines) is 1. The Balaban J connectivity index is 1.55. The van der Waals surface area contributed by atoms with Crippen LogP contribution in [-0.4, -0.2) is 62.2 Å². The molecule has 3 rings (SSSR count). The summed E-state index contributed by atoms with van der Waals surface area (Å²) in [6.07, 6.45) is 3.06.